The number of benzene rings is 1. The zero-order valence-electron chi connectivity index (χ0n) is 14.3. The number of thioether (sulfide) groups is 1. The van der Waals surface area contributed by atoms with E-state index in [-0.39, 0.29) is 18.4 Å². The Labute approximate surface area is 159 Å². The fraction of sp³-hybridized carbons (Fsp3) is 0.278. The summed E-state index contributed by atoms with van der Waals surface area (Å²) in [5.41, 5.74) is 2.68. The van der Waals surface area contributed by atoms with Crippen LogP contribution in [0, 0.1) is 0 Å². The van der Waals surface area contributed by atoms with Gasteiger partial charge in [-0.3, -0.25) is 9.20 Å². The first kappa shape index (κ1) is 17.1. The zero-order chi connectivity index (χ0) is 17.9. The molecule has 1 amide bonds. The third-order valence-electron chi connectivity index (χ3n) is 4.17. The Morgan fingerprint density at radius 2 is 2.27 bits per heavy atom. The second-order valence-corrected chi connectivity index (χ2v) is 7.90. The van der Waals surface area contributed by atoms with Gasteiger partial charge in [0.15, 0.2) is 4.96 Å². The number of carbonyl (C=O) groups excluding carboxylic acids is 1. The molecule has 0 bridgehead atoms. The van der Waals surface area contributed by atoms with Crippen LogP contribution in [-0.2, 0) is 11.2 Å². The monoisotopic (exact) mass is 385 g/mol. The first-order chi connectivity index (χ1) is 12.7. The van der Waals surface area contributed by atoms with Gasteiger partial charge in [-0.15, -0.1) is 11.3 Å². The molecule has 0 fully saturated rings. The van der Waals surface area contributed by atoms with Crippen molar-refractivity contribution in [3.63, 3.8) is 0 Å². The van der Waals surface area contributed by atoms with Gasteiger partial charge in [-0.25, -0.2) is 9.97 Å². The Kier molecular flexibility index (Phi) is 4.94. The largest absolute Gasteiger partial charge is 0.346 e. The Morgan fingerprint density at radius 1 is 1.38 bits per heavy atom. The molecular formula is C18H19N5OS2. The van der Waals surface area contributed by atoms with E-state index in [0.717, 1.165) is 39.7 Å². The molecule has 4 aromatic rings. The lowest BCUT2D eigenvalue weighted by Crippen LogP contribution is -2.31. The number of aromatic amines is 1. The summed E-state index contributed by atoms with van der Waals surface area (Å²) in [5, 5.41) is 5.10. The molecule has 4 rings (SSSR count). The summed E-state index contributed by atoms with van der Waals surface area (Å²) in [6.45, 7) is 0. The molecule has 0 aliphatic heterocycles. The van der Waals surface area contributed by atoms with Crippen LogP contribution in [0.2, 0.25) is 0 Å². The van der Waals surface area contributed by atoms with Crippen molar-refractivity contribution < 1.29 is 4.79 Å². The average molecular weight is 386 g/mol. The minimum atomic E-state index is -0.133. The number of fused-ring (bicyclic) bond motifs is 2. The highest BCUT2D eigenvalue weighted by Gasteiger charge is 2.19. The van der Waals surface area contributed by atoms with Crippen molar-refractivity contribution in [3.05, 3.63) is 53.6 Å². The molecular weight excluding hydrogens is 366 g/mol. The van der Waals surface area contributed by atoms with Crippen molar-refractivity contribution >= 4 is 45.0 Å². The van der Waals surface area contributed by atoms with Crippen LogP contribution < -0.4 is 5.32 Å². The normalized spacial score (nSPS) is 12.7. The number of para-hydroxylation sites is 2. The SMILES string of the molecule is CSCC[C@H](NC(=O)Cc1cn2ccsc2n1)c1nc2ccccc2[nH]1. The molecule has 26 heavy (non-hydrogen) atoms. The van der Waals surface area contributed by atoms with Gasteiger partial charge in [0.25, 0.3) is 0 Å². The van der Waals surface area contributed by atoms with E-state index in [1.807, 2.05) is 46.4 Å². The van der Waals surface area contributed by atoms with Crippen molar-refractivity contribution in [1.29, 1.82) is 0 Å². The van der Waals surface area contributed by atoms with Gasteiger partial charge in [-0.1, -0.05) is 12.1 Å². The van der Waals surface area contributed by atoms with Crippen LogP contribution in [0.25, 0.3) is 16.0 Å². The summed E-state index contributed by atoms with van der Waals surface area (Å²) in [6.07, 6.45) is 7.01. The molecule has 0 radical (unpaired) electrons. The molecule has 0 aliphatic rings. The molecule has 6 nitrogen and oxygen atoms in total. The van der Waals surface area contributed by atoms with E-state index in [2.05, 4.69) is 26.5 Å². The van der Waals surface area contributed by atoms with Gasteiger partial charge in [-0.2, -0.15) is 11.8 Å². The number of aromatic nitrogens is 4. The lowest BCUT2D eigenvalue weighted by atomic mass is 10.2. The zero-order valence-corrected chi connectivity index (χ0v) is 15.9. The smallest absolute Gasteiger partial charge is 0.226 e. The maximum Gasteiger partial charge on any atom is 0.226 e. The number of H-pyrrole nitrogens is 1. The first-order valence-electron chi connectivity index (χ1n) is 8.37. The summed E-state index contributed by atoms with van der Waals surface area (Å²) >= 11 is 3.32. The maximum atomic E-state index is 12.6. The van der Waals surface area contributed by atoms with Gasteiger partial charge in [0, 0.05) is 17.8 Å². The molecule has 3 heterocycles. The quantitative estimate of drug-likeness (QED) is 0.511. The number of hydrogen-bond acceptors (Lipinski definition) is 5. The molecule has 0 unspecified atom stereocenters. The molecule has 0 aliphatic carbocycles. The number of carbonyl (C=O) groups is 1. The van der Waals surface area contributed by atoms with E-state index >= 15 is 0 Å². The summed E-state index contributed by atoms with van der Waals surface area (Å²) in [7, 11) is 0. The van der Waals surface area contributed by atoms with Crippen molar-refractivity contribution in [2.24, 2.45) is 0 Å². The highest BCUT2D eigenvalue weighted by atomic mass is 32.2. The van der Waals surface area contributed by atoms with Gasteiger partial charge in [0.2, 0.25) is 5.91 Å². The summed E-state index contributed by atoms with van der Waals surface area (Å²) in [4.78, 5) is 25.9. The molecule has 134 valence electrons. The molecule has 0 saturated heterocycles. The van der Waals surface area contributed by atoms with Crippen LogP contribution in [0.3, 0.4) is 0 Å². The number of rotatable bonds is 7. The third kappa shape index (κ3) is 3.61. The number of hydrogen-bond donors (Lipinski definition) is 2. The molecule has 1 aromatic carbocycles. The topological polar surface area (TPSA) is 75.1 Å². The standard InChI is InChI=1S/C18H19N5OS2/c1-25-8-6-15(17-21-13-4-2-3-5-14(13)22-17)20-16(24)10-12-11-23-7-9-26-18(23)19-12/h2-5,7,9,11,15H,6,8,10H2,1H3,(H,20,24)(H,21,22)/t15-/m0/s1. The predicted molar refractivity (Wildman–Crippen MR) is 107 cm³/mol. The number of amides is 1. The second kappa shape index (κ2) is 7.51. The van der Waals surface area contributed by atoms with Crippen LogP contribution in [0.1, 0.15) is 24.0 Å². The van der Waals surface area contributed by atoms with Gasteiger partial charge in [0.05, 0.1) is 29.2 Å². The Hall–Kier alpha value is -2.32. The third-order valence-corrected chi connectivity index (χ3v) is 5.58. The van der Waals surface area contributed by atoms with Crippen LogP contribution in [0.5, 0.6) is 0 Å². The fourth-order valence-electron chi connectivity index (χ4n) is 2.92. The number of nitrogens with one attached hydrogen (secondary N) is 2. The van der Waals surface area contributed by atoms with Crippen molar-refractivity contribution in [2.75, 3.05) is 12.0 Å². The number of nitrogens with zero attached hydrogens (tertiary/aromatic N) is 3. The number of thiazole rings is 1. The summed E-state index contributed by atoms with van der Waals surface area (Å²) in [6, 6.07) is 7.78. The molecule has 0 saturated carbocycles. The lowest BCUT2D eigenvalue weighted by molar-refractivity contribution is -0.121. The van der Waals surface area contributed by atoms with Gasteiger partial charge >= 0.3 is 0 Å². The van der Waals surface area contributed by atoms with E-state index in [9.17, 15) is 4.79 Å². The average Bonchev–Trinajstić information content (AvgIpc) is 3.32. The van der Waals surface area contributed by atoms with Crippen LogP contribution >= 0.6 is 23.1 Å². The summed E-state index contributed by atoms with van der Waals surface area (Å²) in [5.74, 6) is 1.71. The van der Waals surface area contributed by atoms with Crippen molar-refractivity contribution in [2.45, 2.75) is 18.9 Å². The molecule has 8 heteroatoms. The Bertz CT molecular complexity index is 973. The van der Waals surface area contributed by atoms with E-state index in [1.54, 1.807) is 23.1 Å². The van der Waals surface area contributed by atoms with Gasteiger partial charge in [0.1, 0.15) is 5.82 Å². The predicted octanol–water partition coefficient (Wildman–Crippen LogP) is 3.43. The maximum absolute atomic E-state index is 12.6. The van der Waals surface area contributed by atoms with Crippen LogP contribution in [0.15, 0.2) is 42.0 Å². The minimum absolute atomic E-state index is 0.0395. The van der Waals surface area contributed by atoms with Crippen LogP contribution in [0.4, 0.5) is 0 Å². The van der Waals surface area contributed by atoms with Crippen molar-refractivity contribution in [3.8, 4) is 0 Å². The molecule has 0 spiro atoms. The van der Waals surface area contributed by atoms with Crippen LogP contribution in [-0.4, -0.2) is 37.3 Å². The van der Waals surface area contributed by atoms with E-state index in [4.69, 9.17) is 0 Å². The first-order valence-corrected chi connectivity index (χ1v) is 10.6. The van der Waals surface area contributed by atoms with Gasteiger partial charge < -0.3 is 10.3 Å². The fourth-order valence-corrected chi connectivity index (χ4v) is 4.11. The Morgan fingerprint density at radius 3 is 3.08 bits per heavy atom. The van der Waals surface area contributed by atoms with E-state index in [0.29, 0.717) is 0 Å². The Balaban J connectivity index is 1.50. The molecule has 3 aromatic heterocycles. The highest BCUT2D eigenvalue weighted by molar-refractivity contribution is 7.98. The second-order valence-electron chi connectivity index (χ2n) is 6.04. The van der Waals surface area contributed by atoms with E-state index in [1.165, 1.54) is 0 Å². The molecule has 2 N–H and O–H groups in total. The van der Waals surface area contributed by atoms with Gasteiger partial charge in [-0.05, 0) is 30.6 Å². The number of imidazole rings is 2. The molecule has 1 atom stereocenters. The van der Waals surface area contributed by atoms with E-state index < -0.39 is 0 Å². The minimum Gasteiger partial charge on any atom is -0.346 e. The lowest BCUT2D eigenvalue weighted by Gasteiger charge is -2.16. The summed E-state index contributed by atoms with van der Waals surface area (Å²) < 4.78 is 1.94. The highest BCUT2D eigenvalue weighted by Crippen LogP contribution is 2.20. The van der Waals surface area contributed by atoms with Crippen molar-refractivity contribution in [1.82, 2.24) is 24.7 Å².